The van der Waals surface area contributed by atoms with Gasteiger partial charge in [0.1, 0.15) is 11.6 Å². The second kappa shape index (κ2) is 9.11. The minimum absolute atomic E-state index is 0.153. The van der Waals surface area contributed by atoms with Crippen LogP contribution in [0.2, 0.25) is 5.02 Å². The third-order valence-corrected chi connectivity index (χ3v) is 5.40. The molecule has 1 aromatic heterocycles. The van der Waals surface area contributed by atoms with E-state index < -0.39 is 10.7 Å². The van der Waals surface area contributed by atoms with E-state index in [1.165, 1.54) is 0 Å². The van der Waals surface area contributed by atoms with Crippen molar-refractivity contribution in [2.45, 2.75) is 18.2 Å². The third kappa shape index (κ3) is 5.16. The van der Waals surface area contributed by atoms with Gasteiger partial charge < -0.3 is 15.8 Å². The van der Waals surface area contributed by atoms with Crippen LogP contribution in [-0.4, -0.2) is 32.0 Å². The number of anilines is 2. The van der Waals surface area contributed by atoms with Crippen LogP contribution in [0, 0.1) is 6.92 Å². The molecule has 3 rings (SSSR count). The number of methoxy groups -OCH3 is 1. The van der Waals surface area contributed by atoms with Crippen LogP contribution in [0.4, 0.5) is 11.8 Å². The molecule has 152 valence electrons. The van der Waals surface area contributed by atoms with Crippen molar-refractivity contribution in [2.75, 3.05) is 24.7 Å². The van der Waals surface area contributed by atoms with Crippen molar-refractivity contribution in [3.63, 3.8) is 0 Å². The van der Waals surface area contributed by atoms with Gasteiger partial charge in [-0.3, -0.25) is 0 Å². The average molecular weight is 433 g/mol. The fourth-order valence-corrected chi connectivity index (χ4v) is 3.53. The van der Waals surface area contributed by atoms with Gasteiger partial charge >= 0.3 is 0 Å². The Bertz CT molecular complexity index is 1090. The summed E-state index contributed by atoms with van der Waals surface area (Å²) in [6.07, 6.45) is 0.697. The van der Waals surface area contributed by atoms with Crippen molar-refractivity contribution < 1.29 is 13.2 Å². The molecule has 0 saturated heterocycles. The van der Waals surface area contributed by atoms with Gasteiger partial charge in [0.05, 0.1) is 22.7 Å². The zero-order valence-electron chi connectivity index (χ0n) is 16.0. The maximum Gasteiger partial charge on any atom is 0.222 e. The van der Waals surface area contributed by atoms with Gasteiger partial charge in [-0.05, 0) is 48.7 Å². The number of thiol groups is 1. The Morgan fingerprint density at radius 1 is 1.14 bits per heavy atom. The van der Waals surface area contributed by atoms with Crippen molar-refractivity contribution in [1.29, 1.82) is 0 Å². The largest absolute Gasteiger partial charge is 0.495 e. The molecule has 0 aliphatic rings. The zero-order valence-corrected chi connectivity index (χ0v) is 17.6. The van der Waals surface area contributed by atoms with E-state index in [-0.39, 0.29) is 5.95 Å². The summed E-state index contributed by atoms with van der Waals surface area (Å²) in [5, 5.41) is 3.72. The Labute approximate surface area is 175 Å². The number of halogens is 1. The molecule has 2 aromatic carbocycles. The van der Waals surface area contributed by atoms with Crippen LogP contribution < -0.4 is 15.8 Å². The van der Waals surface area contributed by atoms with Crippen molar-refractivity contribution in [2.24, 2.45) is 0 Å². The fourth-order valence-electron chi connectivity index (χ4n) is 2.90. The van der Waals surface area contributed by atoms with Crippen molar-refractivity contribution in [3.8, 4) is 17.0 Å². The number of aryl methyl sites for hydroxylation is 1. The number of benzene rings is 2. The lowest BCUT2D eigenvalue weighted by molar-refractivity contribution is 0.415. The third-order valence-electron chi connectivity index (χ3n) is 4.39. The van der Waals surface area contributed by atoms with E-state index in [1.807, 2.05) is 19.1 Å². The highest BCUT2D eigenvalue weighted by atomic mass is 35.5. The summed E-state index contributed by atoms with van der Waals surface area (Å²) in [6.45, 7) is 2.54. The van der Waals surface area contributed by atoms with Gasteiger partial charge in [-0.2, -0.15) is 4.98 Å². The van der Waals surface area contributed by atoms with Crippen LogP contribution in [-0.2, 0) is 17.1 Å². The Kier molecular flexibility index (Phi) is 6.56. The maximum atomic E-state index is 11.0. The molecule has 0 bridgehead atoms. The van der Waals surface area contributed by atoms with E-state index in [2.05, 4.69) is 15.3 Å². The summed E-state index contributed by atoms with van der Waals surface area (Å²) in [6, 6.07) is 12.2. The van der Waals surface area contributed by atoms with Crippen LogP contribution in [0.15, 0.2) is 47.4 Å². The van der Waals surface area contributed by atoms with Crippen molar-refractivity contribution >= 4 is 34.1 Å². The minimum atomic E-state index is -2.56. The monoisotopic (exact) mass is 432 g/mol. The smallest absolute Gasteiger partial charge is 0.222 e. The van der Waals surface area contributed by atoms with E-state index in [1.54, 1.807) is 37.4 Å². The second-order valence-electron chi connectivity index (χ2n) is 6.40. The molecule has 0 aliphatic carbocycles. The van der Waals surface area contributed by atoms with Crippen molar-refractivity contribution in [1.82, 2.24) is 9.97 Å². The molecule has 0 fully saturated rings. The van der Waals surface area contributed by atoms with Crippen molar-refractivity contribution in [3.05, 3.63) is 58.6 Å². The van der Waals surface area contributed by atoms with E-state index in [4.69, 9.17) is 22.1 Å². The number of aromatic nitrogens is 2. The van der Waals surface area contributed by atoms with Gasteiger partial charge in [-0.1, -0.05) is 23.7 Å². The maximum absolute atomic E-state index is 11.0. The number of nitrogen functional groups attached to an aromatic ring is 1. The number of nitrogens with zero attached hydrogens (tertiary/aromatic N) is 2. The average Bonchev–Trinajstić information content (AvgIpc) is 2.69. The fraction of sp³-hybridized carbons (Fsp3) is 0.200. The molecule has 7 nitrogen and oxygen atoms in total. The highest BCUT2D eigenvalue weighted by Crippen LogP contribution is 2.33. The molecular weight excluding hydrogens is 412 g/mol. The van der Waals surface area contributed by atoms with Gasteiger partial charge in [-0.25, -0.2) is 13.4 Å². The predicted molar refractivity (Wildman–Crippen MR) is 115 cm³/mol. The number of nitrogens with two attached hydrogens (primary N) is 1. The number of hydrogen-bond donors (Lipinski definition) is 3. The lowest BCUT2D eigenvalue weighted by atomic mass is 10.0. The highest BCUT2D eigenvalue weighted by Gasteiger charge is 2.11. The Morgan fingerprint density at radius 3 is 2.52 bits per heavy atom. The van der Waals surface area contributed by atoms with E-state index in [0.29, 0.717) is 40.1 Å². The first-order chi connectivity index (χ1) is 13.9. The molecule has 0 spiro atoms. The summed E-state index contributed by atoms with van der Waals surface area (Å²) in [4.78, 5) is 8.86. The van der Waals surface area contributed by atoms with Crippen LogP contribution in [0.1, 0.15) is 11.1 Å². The molecule has 0 atom stereocenters. The van der Waals surface area contributed by atoms with Gasteiger partial charge in [-0.15, -0.1) is 0 Å². The number of rotatable bonds is 7. The van der Waals surface area contributed by atoms with E-state index in [9.17, 15) is 8.42 Å². The highest BCUT2D eigenvalue weighted by molar-refractivity contribution is 7.72. The molecule has 29 heavy (non-hydrogen) atoms. The molecule has 0 aliphatic heterocycles. The predicted octanol–water partition coefficient (Wildman–Crippen LogP) is 3.32. The van der Waals surface area contributed by atoms with Gasteiger partial charge in [0.25, 0.3) is 0 Å². The SMILES string of the molecule is COc1cc(C)c(-c2cc(NCCc3ccc([SH](=O)=O)cc3)nc(N)n2)cc1Cl. The molecule has 3 N–H and O–H groups in total. The second-order valence-corrected chi connectivity index (χ2v) is 7.84. The van der Waals surface area contributed by atoms with Gasteiger partial charge in [0.15, 0.2) is 10.7 Å². The first kappa shape index (κ1) is 20.9. The normalized spacial score (nSPS) is 10.9. The Morgan fingerprint density at radius 2 is 1.86 bits per heavy atom. The molecule has 3 aromatic rings. The van der Waals surface area contributed by atoms with Crippen LogP contribution in [0.3, 0.4) is 0 Å². The number of hydrogen-bond acceptors (Lipinski definition) is 7. The summed E-state index contributed by atoms with van der Waals surface area (Å²) in [5.41, 5.74) is 9.36. The van der Waals surface area contributed by atoms with E-state index in [0.717, 1.165) is 16.7 Å². The zero-order chi connectivity index (χ0) is 21.0. The van der Waals surface area contributed by atoms with Crippen LogP contribution >= 0.6 is 11.6 Å². The minimum Gasteiger partial charge on any atom is -0.495 e. The molecule has 0 saturated carbocycles. The van der Waals surface area contributed by atoms with Gasteiger partial charge in [0.2, 0.25) is 5.95 Å². The molecule has 1 heterocycles. The van der Waals surface area contributed by atoms with Gasteiger partial charge in [0, 0.05) is 18.2 Å². The molecular formula is C20H21ClN4O3S. The Hall–Kier alpha value is -2.84. The van der Waals surface area contributed by atoms with Crippen LogP contribution in [0.25, 0.3) is 11.3 Å². The molecule has 0 radical (unpaired) electrons. The summed E-state index contributed by atoms with van der Waals surface area (Å²) in [7, 11) is -0.990. The molecule has 0 unspecified atom stereocenters. The summed E-state index contributed by atoms with van der Waals surface area (Å²) < 4.78 is 27.2. The summed E-state index contributed by atoms with van der Waals surface area (Å²) >= 11 is 6.26. The standard InChI is InChI=1S/C20H21ClN4O3S/c1-12-9-18(28-2)16(21)10-15(12)17-11-19(25-20(22)24-17)23-8-7-13-3-5-14(6-4-13)29(26)27/h3-6,9-11,29H,7-8H2,1-2H3,(H3,22,23,24,25). The first-order valence-corrected chi connectivity index (χ1v) is 10.4. The molecule has 9 heteroatoms. The van der Waals surface area contributed by atoms with E-state index >= 15 is 0 Å². The first-order valence-electron chi connectivity index (χ1n) is 8.83. The summed E-state index contributed by atoms with van der Waals surface area (Å²) in [5.74, 6) is 1.35. The Balaban J connectivity index is 1.75. The number of nitrogens with one attached hydrogen (secondary N) is 1. The quantitative estimate of drug-likeness (QED) is 0.491. The molecule has 0 amide bonds. The lowest BCUT2D eigenvalue weighted by Gasteiger charge is -2.12. The number of ether oxygens (including phenoxy) is 1. The van der Waals surface area contributed by atoms with Crippen LogP contribution in [0.5, 0.6) is 5.75 Å². The topological polar surface area (TPSA) is 107 Å². The lowest BCUT2D eigenvalue weighted by Crippen LogP contribution is -2.08.